The van der Waals surface area contributed by atoms with Gasteiger partial charge in [0, 0.05) is 29.6 Å². The summed E-state index contributed by atoms with van der Waals surface area (Å²) in [6.45, 7) is 7.60. The fourth-order valence-corrected chi connectivity index (χ4v) is 6.21. The molecule has 1 amide bonds. The van der Waals surface area contributed by atoms with Crippen molar-refractivity contribution in [3.63, 3.8) is 0 Å². The minimum Gasteiger partial charge on any atom is -0.311 e. The van der Waals surface area contributed by atoms with Gasteiger partial charge in [-0.1, -0.05) is 0 Å². The second kappa shape index (κ2) is 6.33. The van der Waals surface area contributed by atoms with Crippen LogP contribution >= 0.6 is 0 Å². The van der Waals surface area contributed by atoms with E-state index in [-0.39, 0.29) is 41.5 Å². The van der Waals surface area contributed by atoms with Crippen molar-refractivity contribution in [3.05, 3.63) is 32.9 Å². The Kier molecular flexibility index (Phi) is 4.29. The van der Waals surface area contributed by atoms with Gasteiger partial charge < -0.3 is 5.32 Å². The number of sulfone groups is 1. The van der Waals surface area contributed by atoms with E-state index in [0.29, 0.717) is 17.8 Å². The number of nitrogens with zero attached hydrogens (tertiary/aromatic N) is 3. The summed E-state index contributed by atoms with van der Waals surface area (Å²) in [5.74, 6) is 0.198. The highest BCUT2D eigenvalue weighted by Crippen LogP contribution is 2.39. The zero-order chi connectivity index (χ0) is 20.4. The van der Waals surface area contributed by atoms with Crippen molar-refractivity contribution < 1.29 is 13.2 Å². The van der Waals surface area contributed by atoms with E-state index < -0.39 is 15.8 Å². The molecule has 1 saturated heterocycles. The fourth-order valence-electron chi connectivity index (χ4n) is 4.52. The summed E-state index contributed by atoms with van der Waals surface area (Å²) >= 11 is 0. The molecule has 2 N–H and O–H groups in total. The highest BCUT2D eigenvalue weighted by molar-refractivity contribution is 7.91. The maximum absolute atomic E-state index is 12.7. The molecule has 10 heteroatoms. The van der Waals surface area contributed by atoms with E-state index in [9.17, 15) is 18.0 Å². The van der Waals surface area contributed by atoms with Gasteiger partial charge in [0.2, 0.25) is 5.91 Å². The number of aromatic amines is 1. The number of rotatable bonds is 3. The topological polar surface area (TPSA) is 119 Å². The van der Waals surface area contributed by atoms with E-state index >= 15 is 0 Å². The number of hydrogen-bond donors (Lipinski definition) is 2. The first-order valence-electron chi connectivity index (χ1n) is 9.49. The van der Waals surface area contributed by atoms with E-state index in [0.717, 1.165) is 17.0 Å². The maximum atomic E-state index is 12.7. The van der Waals surface area contributed by atoms with Crippen LogP contribution in [0.15, 0.2) is 4.79 Å². The van der Waals surface area contributed by atoms with Crippen LogP contribution in [0.3, 0.4) is 0 Å². The van der Waals surface area contributed by atoms with Crippen LogP contribution in [0.1, 0.15) is 67.2 Å². The predicted molar refractivity (Wildman–Crippen MR) is 105 cm³/mol. The van der Waals surface area contributed by atoms with Crippen molar-refractivity contribution in [2.75, 3.05) is 16.8 Å². The van der Waals surface area contributed by atoms with Gasteiger partial charge in [-0.15, -0.1) is 0 Å². The number of nitrogens with one attached hydrogen (secondary N) is 2. The van der Waals surface area contributed by atoms with E-state index in [1.165, 1.54) is 0 Å². The Morgan fingerprint density at radius 3 is 2.50 bits per heavy atom. The normalized spacial score (nSPS) is 23.8. The Labute approximate surface area is 163 Å². The second-order valence-corrected chi connectivity index (χ2v) is 10.3. The molecule has 0 aliphatic carbocycles. The number of fused-ring (bicyclic) bond motifs is 1. The number of aryl methyl sites for hydroxylation is 1. The number of hydrogen-bond acceptors (Lipinski definition) is 5. The van der Waals surface area contributed by atoms with Gasteiger partial charge in [-0.05, 0) is 34.1 Å². The summed E-state index contributed by atoms with van der Waals surface area (Å²) in [7, 11) is -3.04. The third-order valence-electron chi connectivity index (χ3n) is 5.76. The first kappa shape index (κ1) is 19.0. The highest BCUT2D eigenvalue weighted by atomic mass is 32.2. The lowest BCUT2D eigenvalue weighted by molar-refractivity contribution is -0.116. The Balaban J connectivity index is 1.83. The molecule has 1 fully saturated rings. The lowest BCUT2D eigenvalue weighted by Crippen LogP contribution is -2.27. The van der Waals surface area contributed by atoms with Crippen molar-refractivity contribution in [1.29, 1.82) is 0 Å². The molecular weight excluding hydrogens is 382 g/mol. The lowest BCUT2D eigenvalue weighted by Gasteiger charge is -2.24. The van der Waals surface area contributed by atoms with E-state index in [2.05, 4.69) is 15.5 Å². The van der Waals surface area contributed by atoms with Gasteiger partial charge in [-0.3, -0.25) is 24.1 Å². The van der Waals surface area contributed by atoms with Crippen LogP contribution in [0.25, 0.3) is 0 Å². The van der Waals surface area contributed by atoms with Crippen molar-refractivity contribution >= 4 is 21.6 Å². The van der Waals surface area contributed by atoms with Gasteiger partial charge in [0.1, 0.15) is 5.82 Å². The summed E-state index contributed by atoms with van der Waals surface area (Å²) in [4.78, 5) is 25.1. The molecule has 2 aromatic heterocycles. The molecule has 9 nitrogen and oxygen atoms in total. The summed E-state index contributed by atoms with van der Waals surface area (Å²) in [6, 6.07) is -0.211. The molecule has 0 bridgehead atoms. The van der Waals surface area contributed by atoms with Crippen molar-refractivity contribution in [2.24, 2.45) is 0 Å². The zero-order valence-electron chi connectivity index (χ0n) is 16.4. The van der Waals surface area contributed by atoms with Gasteiger partial charge in [0.25, 0.3) is 5.56 Å². The minimum absolute atomic E-state index is 0.0101. The number of carbonyl (C=O) groups excluding carboxylic acids is 1. The molecule has 152 valence electrons. The fraction of sp³-hybridized carbons (Fsp3) is 0.611. The van der Waals surface area contributed by atoms with Crippen LogP contribution in [0.4, 0.5) is 5.82 Å². The second-order valence-electron chi connectivity index (χ2n) is 8.06. The third-order valence-corrected chi connectivity index (χ3v) is 7.51. The molecule has 0 radical (unpaired) electrons. The number of H-pyrrole nitrogens is 1. The molecule has 0 aromatic carbocycles. The van der Waals surface area contributed by atoms with Gasteiger partial charge in [-0.25, -0.2) is 8.42 Å². The molecular formula is C18H25N5O4S. The Morgan fingerprint density at radius 1 is 1.18 bits per heavy atom. The monoisotopic (exact) mass is 407 g/mol. The highest BCUT2D eigenvalue weighted by Gasteiger charge is 2.38. The van der Waals surface area contributed by atoms with Gasteiger partial charge >= 0.3 is 0 Å². The lowest BCUT2D eigenvalue weighted by atomic mass is 9.86. The standard InChI is InChI=1S/C18H25N5O4S/c1-9(2)22-17-16(18(25)21-22)13(7-14(24)19-17)15-10(3)20-23(11(15)4)12-5-6-28(26,27)8-12/h9,12-13H,5-8H2,1-4H3,(H,19,24)(H,21,25). The summed E-state index contributed by atoms with van der Waals surface area (Å²) < 4.78 is 27.2. The Hall–Kier alpha value is -2.36. The molecule has 0 saturated carbocycles. The average molecular weight is 407 g/mol. The van der Waals surface area contributed by atoms with Gasteiger partial charge in [0.15, 0.2) is 9.84 Å². The molecule has 0 spiro atoms. The van der Waals surface area contributed by atoms with E-state index in [4.69, 9.17) is 0 Å². The summed E-state index contributed by atoms with van der Waals surface area (Å²) in [5.41, 5.74) is 2.71. The van der Waals surface area contributed by atoms with Crippen LogP contribution in [0, 0.1) is 13.8 Å². The van der Waals surface area contributed by atoms with Crippen molar-refractivity contribution in [2.45, 2.75) is 58.5 Å². The molecule has 4 heterocycles. The maximum Gasteiger partial charge on any atom is 0.270 e. The average Bonchev–Trinajstić information content (AvgIpc) is 3.21. The summed E-state index contributed by atoms with van der Waals surface area (Å²) in [6.07, 6.45) is 0.693. The van der Waals surface area contributed by atoms with E-state index in [1.54, 1.807) is 9.36 Å². The van der Waals surface area contributed by atoms with Gasteiger partial charge in [-0.2, -0.15) is 5.10 Å². The van der Waals surface area contributed by atoms with Gasteiger partial charge in [0.05, 0.1) is 28.8 Å². The Morgan fingerprint density at radius 2 is 1.89 bits per heavy atom. The number of anilines is 1. The van der Waals surface area contributed by atoms with Crippen molar-refractivity contribution in [3.8, 4) is 0 Å². The smallest absolute Gasteiger partial charge is 0.270 e. The first-order valence-corrected chi connectivity index (χ1v) is 11.3. The van der Waals surface area contributed by atoms with Crippen LogP contribution < -0.4 is 10.9 Å². The molecule has 4 rings (SSSR count). The van der Waals surface area contributed by atoms with Crippen molar-refractivity contribution in [1.82, 2.24) is 19.6 Å². The Bertz CT molecular complexity index is 1120. The first-order chi connectivity index (χ1) is 13.1. The molecule has 2 aliphatic heterocycles. The quantitative estimate of drug-likeness (QED) is 0.797. The predicted octanol–water partition coefficient (Wildman–Crippen LogP) is 1.40. The summed E-state index contributed by atoms with van der Waals surface area (Å²) in [5, 5.41) is 10.3. The molecule has 2 atom stereocenters. The van der Waals surface area contributed by atoms with Crippen LogP contribution in [-0.2, 0) is 14.6 Å². The number of aromatic nitrogens is 4. The van der Waals surface area contributed by atoms with Crippen LogP contribution in [-0.4, -0.2) is 45.4 Å². The number of carbonyl (C=O) groups is 1. The third kappa shape index (κ3) is 2.90. The number of amides is 1. The largest absolute Gasteiger partial charge is 0.311 e. The molecule has 28 heavy (non-hydrogen) atoms. The van der Waals surface area contributed by atoms with Crippen LogP contribution in [0.5, 0.6) is 0 Å². The molecule has 2 aromatic rings. The SMILES string of the molecule is Cc1nn(C2CCS(=O)(=O)C2)c(C)c1C1CC(=O)Nc2c1c(=O)[nH]n2C(C)C. The molecule has 2 aliphatic rings. The minimum atomic E-state index is -3.04. The molecule has 2 unspecified atom stereocenters. The van der Waals surface area contributed by atoms with E-state index in [1.807, 2.05) is 27.7 Å². The zero-order valence-corrected chi connectivity index (χ0v) is 17.3. The van der Waals surface area contributed by atoms with Crippen LogP contribution in [0.2, 0.25) is 0 Å².